The van der Waals surface area contributed by atoms with E-state index in [1.807, 2.05) is 0 Å². The lowest BCUT2D eigenvalue weighted by Crippen LogP contribution is -2.30. The van der Waals surface area contributed by atoms with E-state index in [1.54, 1.807) is 0 Å². The van der Waals surface area contributed by atoms with E-state index in [0.29, 0.717) is 25.7 Å². The summed E-state index contributed by atoms with van der Waals surface area (Å²) in [7, 11) is -9.92. The number of esters is 4. The van der Waals surface area contributed by atoms with Crippen LogP contribution in [0.5, 0.6) is 0 Å². The summed E-state index contributed by atoms with van der Waals surface area (Å²) in [6.45, 7) is 9.71. The molecule has 0 spiro atoms. The standard InChI is InChI=1S/C82H160O17P2/c1-7-11-13-15-17-19-21-23-32-35-39-46-52-58-64-79(84)92-70-77(98-82(87)67-61-55-49-41-37-33-29-27-25-24-26-28-31-34-38-44-50-56-62-74(5)9-3)72-96-100(88,89)94-68-76(83)69-95-101(90,91)97-73-78(71-93-80(85)65-59-53-47-43-42-45-51-57-63-75(6)10-4)99-81(86)66-60-54-48-40-36-30-22-20-18-16-14-12-8-2/h74-78,83H,7-73H2,1-6H3,(H,88,89)(H,90,91)/t74?,75?,76-,77-,78-/m1/s1. The molecular formula is C82H160O17P2. The lowest BCUT2D eigenvalue weighted by molar-refractivity contribution is -0.161. The first-order valence-corrected chi connectivity index (χ1v) is 45.6. The van der Waals surface area contributed by atoms with Crippen LogP contribution in [-0.2, 0) is 65.4 Å². The molecule has 0 heterocycles. The maximum atomic E-state index is 13.1. The molecule has 0 aromatic rings. The van der Waals surface area contributed by atoms with Crippen LogP contribution in [0.2, 0.25) is 0 Å². The Labute approximate surface area is 619 Å². The van der Waals surface area contributed by atoms with Crippen molar-refractivity contribution in [3.63, 3.8) is 0 Å². The van der Waals surface area contributed by atoms with Crippen molar-refractivity contribution >= 4 is 39.5 Å². The van der Waals surface area contributed by atoms with Gasteiger partial charge in [0.15, 0.2) is 12.2 Å². The van der Waals surface area contributed by atoms with Gasteiger partial charge in [-0.1, -0.05) is 382 Å². The number of carbonyl (C=O) groups excluding carboxylic acids is 4. The number of carbonyl (C=O) groups is 4. The van der Waals surface area contributed by atoms with Gasteiger partial charge < -0.3 is 33.8 Å². The van der Waals surface area contributed by atoms with Crippen LogP contribution in [0.15, 0.2) is 0 Å². The highest BCUT2D eigenvalue weighted by Crippen LogP contribution is 2.45. The molecule has 101 heavy (non-hydrogen) atoms. The topological polar surface area (TPSA) is 237 Å². The summed E-state index contributed by atoms with van der Waals surface area (Å²) in [4.78, 5) is 73.1. The van der Waals surface area contributed by atoms with Crippen molar-refractivity contribution in [2.24, 2.45) is 11.8 Å². The van der Waals surface area contributed by atoms with Gasteiger partial charge in [0.05, 0.1) is 26.4 Å². The Bertz CT molecular complexity index is 1950. The minimum Gasteiger partial charge on any atom is -0.462 e. The number of phosphoric ester groups is 2. The molecular weight excluding hydrogens is 1320 g/mol. The van der Waals surface area contributed by atoms with Gasteiger partial charge in [-0.05, 0) is 37.5 Å². The van der Waals surface area contributed by atoms with Crippen molar-refractivity contribution in [3.8, 4) is 0 Å². The van der Waals surface area contributed by atoms with Gasteiger partial charge in [-0.3, -0.25) is 37.3 Å². The quantitative estimate of drug-likeness (QED) is 0.0222. The van der Waals surface area contributed by atoms with Crippen molar-refractivity contribution in [3.05, 3.63) is 0 Å². The fourth-order valence-corrected chi connectivity index (χ4v) is 14.2. The summed E-state index contributed by atoms with van der Waals surface area (Å²) in [5.41, 5.74) is 0. The lowest BCUT2D eigenvalue weighted by atomic mass is 9.99. The Morgan fingerprint density at radius 3 is 0.703 bits per heavy atom. The smallest absolute Gasteiger partial charge is 0.462 e. The van der Waals surface area contributed by atoms with E-state index in [-0.39, 0.29) is 25.7 Å². The fourth-order valence-electron chi connectivity index (χ4n) is 12.6. The molecule has 0 fully saturated rings. The molecule has 0 amide bonds. The summed E-state index contributed by atoms with van der Waals surface area (Å²) in [5, 5.41) is 10.6. The second kappa shape index (κ2) is 73.6. The summed E-state index contributed by atoms with van der Waals surface area (Å²) < 4.78 is 68.8. The van der Waals surface area contributed by atoms with E-state index in [9.17, 15) is 43.2 Å². The molecule has 0 saturated carbocycles. The van der Waals surface area contributed by atoms with Crippen LogP contribution in [0, 0.1) is 11.8 Å². The fraction of sp³-hybridized carbons (Fsp3) is 0.951. The Hall–Kier alpha value is -1.94. The van der Waals surface area contributed by atoms with Crippen molar-refractivity contribution in [1.29, 1.82) is 0 Å². The van der Waals surface area contributed by atoms with Gasteiger partial charge >= 0.3 is 39.5 Å². The van der Waals surface area contributed by atoms with Crippen LogP contribution in [0.3, 0.4) is 0 Å². The number of aliphatic hydroxyl groups excluding tert-OH is 1. The Morgan fingerprint density at radius 2 is 0.475 bits per heavy atom. The average molecular weight is 1480 g/mol. The van der Waals surface area contributed by atoms with Crippen LogP contribution >= 0.6 is 15.6 Å². The highest BCUT2D eigenvalue weighted by atomic mass is 31.2. The van der Waals surface area contributed by atoms with Crippen molar-refractivity contribution in [1.82, 2.24) is 0 Å². The van der Waals surface area contributed by atoms with Crippen molar-refractivity contribution in [2.75, 3.05) is 39.6 Å². The molecule has 0 aliphatic carbocycles. The molecule has 19 heteroatoms. The van der Waals surface area contributed by atoms with Gasteiger partial charge in [-0.2, -0.15) is 0 Å². The predicted octanol–water partition coefficient (Wildman–Crippen LogP) is 24.7. The van der Waals surface area contributed by atoms with Crippen LogP contribution in [0.4, 0.5) is 0 Å². The zero-order chi connectivity index (χ0) is 74.2. The molecule has 0 aromatic heterocycles. The van der Waals surface area contributed by atoms with Gasteiger partial charge in [-0.15, -0.1) is 0 Å². The van der Waals surface area contributed by atoms with E-state index in [0.717, 1.165) is 102 Å². The third-order valence-corrected chi connectivity index (χ3v) is 21.8. The maximum absolute atomic E-state index is 13.1. The van der Waals surface area contributed by atoms with Crippen LogP contribution in [0.1, 0.15) is 433 Å². The molecule has 0 bridgehead atoms. The number of unbranched alkanes of at least 4 members (excludes halogenated alkanes) is 49. The lowest BCUT2D eigenvalue weighted by Gasteiger charge is -2.21. The second-order valence-corrected chi connectivity index (χ2v) is 32.9. The van der Waals surface area contributed by atoms with Crippen molar-refractivity contribution < 1.29 is 80.2 Å². The maximum Gasteiger partial charge on any atom is 0.472 e. The zero-order valence-electron chi connectivity index (χ0n) is 66.2. The third kappa shape index (κ3) is 73.4. The van der Waals surface area contributed by atoms with E-state index >= 15 is 0 Å². The third-order valence-electron chi connectivity index (χ3n) is 19.9. The molecule has 3 N–H and O–H groups in total. The van der Waals surface area contributed by atoms with Gasteiger partial charge in [0.2, 0.25) is 0 Å². The first-order valence-electron chi connectivity index (χ1n) is 42.6. The summed E-state index contributed by atoms with van der Waals surface area (Å²) in [6.07, 6.45) is 63.6. The van der Waals surface area contributed by atoms with E-state index in [1.165, 1.54) is 250 Å². The van der Waals surface area contributed by atoms with Gasteiger partial charge in [0.1, 0.15) is 19.3 Å². The van der Waals surface area contributed by atoms with E-state index < -0.39 is 97.5 Å². The first-order chi connectivity index (χ1) is 48.9. The van der Waals surface area contributed by atoms with Gasteiger partial charge in [0, 0.05) is 25.7 Å². The monoisotopic (exact) mass is 1480 g/mol. The largest absolute Gasteiger partial charge is 0.472 e. The number of hydrogen-bond acceptors (Lipinski definition) is 15. The van der Waals surface area contributed by atoms with Crippen LogP contribution in [-0.4, -0.2) is 96.7 Å². The number of phosphoric acid groups is 2. The number of ether oxygens (including phenoxy) is 4. The Kier molecular flexibility index (Phi) is 72.2. The molecule has 0 aliphatic rings. The molecule has 0 aromatic carbocycles. The molecule has 0 rings (SSSR count). The Morgan fingerprint density at radius 1 is 0.277 bits per heavy atom. The normalized spacial score (nSPS) is 14.4. The molecule has 17 nitrogen and oxygen atoms in total. The van der Waals surface area contributed by atoms with E-state index in [2.05, 4.69) is 41.5 Å². The SMILES string of the molecule is CCCCCCCCCCCCCCCCC(=O)OC[C@H](COP(=O)(O)OC[C@@H](O)COP(=O)(O)OC[C@@H](COC(=O)CCCCCCCCCCC(C)CC)OC(=O)CCCCCCCCCCCCCCC)OC(=O)CCCCCCCCCCCCCCCCCCCCC(C)CC. The number of hydrogen-bond donors (Lipinski definition) is 3. The summed E-state index contributed by atoms with van der Waals surface area (Å²) >= 11 is 0. The highest BCUT2D eigenvalue weighted by Gasteiger charge is 2.30. The summed E-state index contributed by atoms with van der Waals surface area (Å²) in [6, 6.07) is 0. The molecule has 7 atom stereocenters. The van der Waals surface area contributed by atoms with E-state index in [4.69, 9.17) is 37.0 Å². The van der Waals surface area contributed by atoms with Gasteiger partial charge in [0.25, 0.3) is 0 Å². The second-order valence-electron chi connectivity index (χ2n) is 30.0. The minimum atomic E-state index is -4.96. The minimum absolute atomic E-state index is 0.107. The first kappa shape index (κ1) is 99.1. The molecule has 0 aliphatic heterocycles. The summed E-state index contributed by atoms with van der Waals surface area (Å²) in [5.74, 6) is -0.457. The van der Waals surface area contributed by atoms with Crippen LogP contribution < -0.4 is 0 Å². The van der Waals surface area contributed by atoms with Crippen molar-refractivity contribution in [2.45, 2.75) is 452 Å². The molecule has 0 saturated heterocycles. The van der Waals surface area contributed by atoms with Crippen LogP contribution in [0.25, 0.3) is 0 Å². The number of aliphatic hydroxyl groups is 1. The average Bonchev–Trinajstić information content (AvgIpc) is 0.928. The molecule has 0 radical (unpaired) electrons. The Balaban J connectivity index is 5.22. The zero-order valence-corrected chi connectivity index (χ0v) is 68.0. The molecule has 4 unspecified atom stereocenters. The predicted molar refractivity (Wildman–Crippen MR) is 414 cm³/mol. The van der Waals surface area contributed by atoms with Gasteiger partial charge in [-0.25, -0.2) is 9.13 Å². The highest BCUT2D eigenvalue weighted by molar-refractivity contribution is 7.47. The number of rotatable bonds is 81. The molecule has 600 valence electrons.